The van der Waals surface area contributed by atoms with Gasteiger partial charge in [0.25, 0.3) is 0 Å². The summed E-state index contributed by atoms with van der Waals surface area (Å²) in [5.74, 6) is -4.52. The number of carbonyl (C=O) groups is 1. The molecule has 0 spiro atoms. The van der Waals surface area contributed by atoms with Crippen molar-refractivity contribution in [3.63, 3.8) is 0 Å². The molecule has 54 heavy (non-hydrogen) atoms. The van der Waals surface area contributed by atoms with Gasteiger partial charge in [0, 0.05) is 23.8 Å². The van der Waals surface area contributed by atoms with Gasteiger partial charge in [0.1, 0.15) is 71.4 Å². The zero-order valence-electron chi connectivity index (χ0n) is 28.1. The summed E-state index contributed by atoms with van der Waals surface area (Å²) in [4.78, 5) is 26.6. The van der Waals surface area contributed by atoms with E-state index in [2.05, 4.69) is 0 Å². The average Bonchev–Trinajstić information content (AvgIpc) is 3.13. The Bertz CT molecular complexity index is 2080. The quantitative estimate of drug-likeness (QED) is 0.0623. The highest BCUT2D eigenvalue weighted by Gasteiger charge is 2.51. The van der Waals surface area contributed by atoms with E-state index in [-0.39, 0.29) is 16.9 Å². The molecule has 2 fully saturated rings. The molecule has 18 heteroatoms. The van der Waals surface area contributed by atoms with Crippen molar-refractivity contribution in [1.29, 1.82) is 0 Å². The van der Waals surface area contributed by atoms with Gasteiger partial charge in [-0.25, -0.2) is 4.79 Å². The molecule has 6 rings (SSSR count). The molecule has 0 aliphatic carbocycles. The van der Waals surface area contributed by atoms with Crippen LogP contribution in [0, 0.1) is 0 Å². The maximum absolute atomic E-state index is 14.0. The van der Waals surface area contributed by atoms with Crippen LogP contribution in [0.2, 0.25) is 0 Å². The lowest BCUT2D eigenvalue weighted by Gasteiger charge is -2.45. The van der Waals surface area contributed by atoms with E-state index in [1.54, 1.807) is 0 Å². The molecule has 3 aromatic carbocycles. The summed E-state index contributed by atoms with van der Waals surface area (Å²) in [5, 5.41) is 104. The fraction of sp³-hybridized carbons (Fsp3) is 0.333. The predicted molar refractivity (Wildman–Crippen MR) is 181 cm³/mol. The monoisotopic (exact) mass is 756 g/mol. The first-order chi connectivity index (χ1) is 25.6. The van der Waals surface area contributed by atoms with Crippen LogP contribution >= 0.6 is 0 Å². The number of aromatic hydroxyl groups is 5. The second-order valence-electron chi connectivity index (χ2n) is 12.6. The van der Waals surface area contributed by atoms with Gasteiger partial charge >= 0.3 is 5.97 Å². The van der Waals surface area contributed by atoms with E-state index < -0.39 is 119 Å². The first-order valence-corrected chi connectivity index (χ1v) is 16.3. The zero-order valence-corrected chi connectivity index (χ0v) is 28.1. The van der Waals surface area contributed by atoms with Crippen LogP contribution in [0.5, 0.6) is 34.5 Å². The Hall–Kier alpha value is -5.44. The van der Waals surface area contributed by atoms with Crippen LogP contribution in [-0.4, -0.2) is 125 Å². The van der Waals surface area contributed by atoms with Crippen LogP contribution in [0.25, 0.3) is 28.4 Å². The average molecular weight is 757 g/mol. The number of fused-ring (bicyclic) bond motifs is 1. The molecule has 0 saturated carbocycles. The van der Waals surface area contributed by atoms with Crippen LogP contribution in [-0.2, 0) is 23.7 Å². The van der Waals surface area contributed by atoms with E-state index in [1.807, 2.05) is 0 Å². The molecule has 0 unspecified atom stereocenters. The van der Waals surface area contributed by atoms with Crippen molar-refractivity contribution in [3.05, 3.63) is 76.5 Å². The van der Waals surface area contributed by atoms with Crippen LogP contribution in [0.15, 0.2) is 69.9 Å². The van der Waals surface area contributed by atoms with Gasteiger partial charge in [0.15, 0.2) is 29.7 Å². The SMILES string of the molecule is C[C@@H]1O[C@@H](O[C@H]2[C@H](Oc3c(-c4ccc(O)c(O)c4)oc4cc(O)cc(O)c4c3=O)O[C@H](COC(=O)/C=C\c3ccc(O)cc3)[C@@H](O)[C@@H]2O)[C@H](O)[C@H](O)[C@H]1O. The highest BCUT2D eigenvalue weighted by atomic mass is 16.8. The Balaban J connectivity index is 1.37. The van der Waals surface area contributed by atoms with Crippen molar-refractivity contribution >= 4 is 23.0 Å². The standard InChI is InChI=1S/C36H36O18/c1-14-26(43)29(46)31(48)35(50-14)54-34-30(47)27(44)23(13-49-24(42)9-4-15-2-6-17(37)7-3-15)52-36(34)53-33-28(45)25-21(41)11-18(38)12-22(25)51-32(33)16-5-8-19(39)20(40)10-16/h2-12,14,23,26-27,29-31,34-41,43-44,46-48H,13H2,1H3/b9-4-/t14-,23+,26-,27+,29+,30-,31+,34+,35-,36-/m0/s1. The lowest BCUT2D eigenvalue weighted by Crippen LogP contribution is -2.64. The summed E-state index contributed by atoms with van der Waals surface area (Å²) < 4.78 is 34.3. The van der Waals surface area contributed by atoms with Crippen molar-refractivity contribution in [1.82, 2.24) is 0 Å². The molecule has 10 N–H and O–H groups in total. The number of rotatable bonds is 9. The molecule has 0 amide bonds. The van der Waals surface area contributed by atoms with Gasteiger partial charge in [0.2, 0.25) is 17.5 Å². The van der Waals surface area contributed by atoms with Crippen molar-refractivity contribution in [2.24, 2.45) is 0 Å². The molecule has 2 saturated heterocycles. The first kappa shape index (κ1) is 38.3. The van der Waals surface area contributed by atoms with E-state index in [9.17, 15) is 60.7 Å². The van der Waals surface area contributed by atoms with Crippen molar-refractivity contribution < 1.29 is 84.0 Å². The Morgan fingerprint density at radius 3 is 2.19 bits per heavy atom. The van der Waals surface area contributed by atoms with Crippen LogP contribution in [0.3, 0.4) is 0 Å². The minimum Gasteiger partial charge on any atom is -0.508 e. The molecule has 1 aromatic heterocycles. The van der Waals surface area contributed by atoms with Gasteiger partial charge in [-0.2, -0.15) is 0 Å². The third-order valence-electron chi connectivity index (χ3n) is 8.83. The molecule has 2 aliphatic rings. The fourth-order valence-electron chi connectivity index (χ4n) is 5.87. The zero-order chi connectivity index (χ0) is 39.0. The summed E-state index contributed by atoms with van der Waals surface area (Å²) >= 11 is 0. The third kappa shape index (κ3) is 7.77. The summed E-state index contributed by atoms with van der Waals surface area (Å²) in [6.07, 6.45) is -15.1. The highest BCUT2D eigenvalue weighted by Crippen LogP contribution is 2.40. The lowest BCUT2D eigenvalue weighted by molar-refractivity contribution is -0.354. The van der Waals surface area contributed by atoms with Crippen molar-refractivity contribution in [2.45, 2.75) is 68.3 Å². The van der Waals surface area contributed by atoms with E-state index in [0.717, 1.165) is 30.3 Å². The number of aliphatic hydroxyl groups excluding tert-OH is 5. The molecule has 0 bridgehead atoms. The predicted octanol–water partition coefficient (Wildman–Crippen LogP) is 0.283. The number of benzene rings is 3. The maximum atomic E-state index is 14.0. The third-order valence-corrected chi connectivity index (χ3v) is 8.83. The van der Waals surface area contributed by atoms with Gasteiger partial charge in [-0.1, -0.05) is 12.1 Å². The summed E-state index contributed by atoms with van der Waals surface area (Å²) in [7, 11) is 0. The molecule has 0 radical (unpaired) electrons. The Kier molecular flexibility index (Phi) is 11.0. The minimum atomic E-state index is -2.02. The second-order valence-corrected chi connectivity index (χ2v) is 12.6. The molecular formula is C36H36O18. The second kappa shape index (κ2) is 15.5. The Morgan fingerprint density at radius 2 is 1.48 bits per heavy atom. The Labute approximate surface area is 304 Å². The number of hydrogen-bond donors (Lipinski definition) is 10. The topological polar surface area (TPSA) is 296 Å². The van der Waals surface area contributed by atoms with E-state index in [0.29, 0.717) is 5.56 Å². The van der Waals surface area contributed by atoms with Gasteiger partial charge in [-0.3, -0.25) is 4.79 Å². The number of esters is 1. The molecule has 2 aliphatic heterocycles. The van der Waals surface area contributed by atoms with E-state index in [4.69, 9.17) is 28.1 Å². The smallest absolute Gasteiger partial charge is 0.330 e. The summed E-state index contributed by atoms with van der Waals surface area (Å²) in [5.41, 5.74) is -0.970. The fourth-order valence-corrected chi connectivity index (χ4v) is 5.87. The molecule has 4 aromatic rings. The molecule has 288 valence electrons. The van der Waals surface area contributed by atoms with E-state index in [1.165, 1.54) is 43.3 Å². The number of aliphatic hydroxyl groups is 5. The number of hydrogen-bond acceptors (Lipinski definition) is 18. The van der Waals surface area contributed by atoms with E-state index >= 15 is 0 Å². The van der Waals surface area contributed by atoms with Crippen LogP contribution < -0.4 is 10.2 Å². The molecule has 10 atom stereocenters. The maximum Gasteiger partial charge on any atom is 0.330 e. The van der Waals surface area contributed by atoms with Crippen LogP contribution in [0.4, 0.5) is 0 Å². The normalized spacial score (nSPS) is 28.6. The Morgan fingerprint density at radius 1 is 0.759 bits per heavy atom. The molecule has 18 nitrogen and oxygen atoms in total. The molecule has 3 heterocycles. The number of ether oxygens (including phenoxy) is 5. The van der Waals surface area contributed by atoms with Gasteiger partial charge in [-0.05, 0) is 48.9 Å². The van der Waals surface area contributed by atoms with Crippen LogP contribution in [0.1, 0.15) is 12.5 Å². The highest BCUT2D eigenvalue weighted by molar-refractivity contribution is 5.88. The van der Waals surface area contributed by atoms with Crippen molar-refractivity contribution in [3.8, 4) is 45.8 Å². The number of phenols is 5. The van der Waals surface area contributed by atoms with Gasteiger partial charge in [-0.15, -0.1) is 0 Å². The minimum absolute atomic E-state index is 0.00881. The number of carbonyl (C=O) groups excluding carboxylic acids is 1. The molecular weight excluding hydrogens is 720 g/mol. The first-order valence-electron chi connectivity index (χ1n) is 16.3. The summed E-state index contributed by atoms with van der Waals surface area (Å²) in [6, 6.07) is 11.0. The lowest BCUT2D eigenvalue weighted by atomic mass is 9.97. The van der Waals surface area contributed by atoms with Gasteiger partial charge in [0.05, 0.1) is 6.10 Å². The largest absolute Gasteiger partial charge is 0.508 e. The number of phenolic OH excluding ortho intramolecular Hbond substituents is 5. The van der Waals surface area contributed by atoms with Crippen molar-refractivity contribution in [2.75, 3.05) is 6.61 Å². The summed E-state index contributed by atoms with van der Waals surface area (Å²) in [6.45, 7) is 0.649. The van der Waals surface area contributed by atoms with Gasteiger partial charge < -0.3 is 79.2 Å².